The maximum absolute atomic E-state index is 3.55. The maximum atomic E-state index is 3.55. The highest BCUT2D eigenvalue weighted by molar-refractivity contribution is 5.60. The number of fused-ring (bicyclic) bond motifs is 3. The van der Waals surface area contributed by atoms with Crippen LogP contribution >= 0.6 is 0 Å². The van der Waals surface area contributed by atoms with Crippen LogP contribution in [0.5, 0.6) is 0 Å². The first-order valence-electron chi connectivity index (χ1n) is 5.44. The summed E-state index contributed by atoms with van der Waals surface area (Å²) in [7, 11) is 0. The first-order chi connectivity index (χ1) is 6.86. The second kappa shape index (κ2) is 2.99. The van der Waals surface area contributed by atoms with Gasteiger partial charge in [0.05, 0.1) is 0 Å². The monoisotopic (exact) mass is 188 g/mol. The van der Waals surface area contributed by atoms with Crippen LogP contribution in [-0.2, 0) is 6.42 Å². The van der Waals surface area contributed by atoms with E-state index >= 15 is 0 Å². The Bertz CT molecular complexity index is 348. The fraction of sp³-hybridized carbons (Fsp3) is 0.500. The van der Waals surface area contributed by atoms with Crippen molar-refractivity contribution in [1.29, 1.82) is 0 Å². The summed E-state index contributed by atoms with van der Waals surface area (Å²) in [4.78, 5) is 2.57. The van der Waals surface area contributed by atoms with Gasteiger partial charge in [-0.3, -0.25) is 0 Å². The standard InChI is InChI=1S/C12H16N2/c1-9-12-8-10-4-2-3-5-11(10)14(12)7-6-13-9/h2-5,9,12-13H,6-8H2,1H3. The van der Waals surface area contributed by atoms with Gasteiger partial charge in [0.25, 0.3) is 0 Å². The molecule has 1 fully saturated rings. The molecular weight excluding hydrogens is 172 g/mol. The first-order valence-corrected chi connectivity index (χ1v) is 5.44. The van der Waals surface area contributed by atoms with E-state index in [4.69, 9.17) is 0 Å². The summed E-state index contributed by atoms with van der Waals surface area (Å²) >= 11 is 0. The summed E-state index contributed by atoms with van der Waals surface area (Å²) in [5.41, 5.74) is 2.99. The zero-order chi connectivity index (χ0) is 9.54. The van der Waals surface area contributed by atoms with E-state index in [1.807, 2.05) is 0 Å². The van der Waals surface area contributed by atoms with Crippen molar-refractivity contribution in [2.75, 3.05) is 18.0 Å². The molecule has 0 bridgehead atoms. The number of anilines is 1. The Kier molecular flexibility index (Phi) is 1.77. The Labute approximate surface area is 84.9 Å². The largest absolute Gasteiger partial charge is 0.365 e. The van der Waals surface area contributed by atoms with Crippen LogP contribution in [0.15, 0.2) is 24.3 Å². The van der Waals surface area contributed by atoms with E-state index < -0.39 is 0 Å². The molecule has 0 spiro atoms. The van der Waals surface area contributed by atoms with Gasteiger partial charge < -0.3 is 10.2 Å². The molecule has 2 aliphatic rings. The zero-order valence-corrected chi connectivity index (χ0v) is 8.53. The molecule has 0 aliphatic carbocycles. The van der Waals surface area contributed by atoms with Crippen molar-refractivity contribution < 1.29 is 0 Å². The van der Waals surface area contributed by atoms with E-state index in [1.165, 1.54) is 17.7 Å². The molecular formula is C12H16N2. The molecule has 3 rings (SSSR count). The molecule has 0 radical (unpaired) electrons. The highest BCUT2D eigenvalue weighted by Crippen LogP contribution is 2.33. The minimum absolute atomic E-state index is 0.621. The summed E-state index contributed by atoms with van der Waals surface area (Å²) in [5.74, 6) is 0. The molecule has 2 nitrogen and oxygen atoms in total. The van der Waals surface area contributed by atoms with Crippen LogP contribution in [0.3, 0.4) is 0 Å². The van der Waals surface area contributed by atoms with E-state index in [9.17, 15) is 0 Å². The number of nitrogens with zero attached hydrogens (tertiary/aromatic N) is 1. The van der Waals surface area contributed by atoms with E-state index in [-0.39, 0.29) is 0 Å². The van der Waals surface area contributed by atoms with Crippen molar-refractivity contribution in [2.24, 2.45) is 0 Å². The van der Waals surface area contributed by atoms with Crippen molar-refractivity contribution in [3.8, 4) is 0 Å². The SMILES string of the molecule is CC1NCCN2c3ccccc3CC12. The Morgan fingerprint density at radius 3 is 3.14 bits per heavy atom. The van der Waals surface area contributed by atoms with Gasteiger partial charge in [-0.15, -0.1) is 0 Å². The highest BCUT2D eigenvalue weighted by atomic mass is 15.3. The molecule has 74 valence electrons. The first kappa shape index (κ1) is 8.30. The Balaban J connectivity index is 2.00. The lowest BCUT2D eigenvalue weighted by Crippen LogP contribution is -2.55. The molecule has 0 saturated carbocycles. The van der Waals surface area contributed by atoms with Gasteiger partial charge in [-0.05, 0) is 25.0 Å². The zero-order valence-electron chi connectivity index (χ0n) is 8.53. The number of benzene rings is 1. The van der Waals surface area contributed by atoms with Gasteiger partial charge in [0, 0.05) is 30.9 Å². The van der Waals surface area contributed by atoms with Crippen LogP contribution in [0.2, 0.25) is 0 Å². The van der Waals surface area contributed by atoms with Gasteiger partial charge in [0.1, 0.15) is 0 Å². The average molecular weight is 188 g/mol. The number of piperazine rings is 1. The van der Waals surface area contributed by atoms with Gasteiger partial charge in [0.2, 0.25) is 0 Å². The number of hydrogen-bond acceptors (Lipinski definition) is 2. The number of hydrogen-bond donors (Lipinski definition) is 1. The van der Waals surface area contributed by atoms with Crippen molar-refractivity contribution in [1.82, 2.24) is 5.32 Å². The molecule has 2 heterocycles. The number of nitrogens with one attached hydrogen (secondary N) is 1. The van der Waals surface area contributed by atoms with Crippen LogP contribution in [0, 0.1) is 0 Å². The summed E-state index contributed by atoms with van der Waals surface area (Å²) in [5, 5.41) is 3.55. The second-order valence-corrected chi connectivity index (χ2v) is 4.34. The minimum atomic E-state index is 0.621. The normalized spacial score (nSPS) is 29.9. The fourth-order valence-electron chi connectivity index (χ4n) is 2.76. The topological polar surface area (TPSA) is 15.3 Å². The lowest BCUT2D eigenvalue weighted by atomic mass is 10.0. The lowest BCUT2D eigenvalue weighted by Gasteiger charge is -2.37. The molecule has 0 amide bonds. The molecule has 2 heteroatoms. The second-order valence-electron chi connectivity index (χ2n) is 4.34. The molecule has 0 aromatic heterocycles. The summed E-state index contributed by atoms with van der Waals surface area (Å²) in [6.45, 7) is 4.57. The van der Waals surface area contributed by atoms with E-state index in [0.717, 1.165) is 13.1 Å². The van der Waals surface area contributed by atoms with Gasteiger partial charge in [-0.25, -0.2) is 0 Å². The van der Waals surface area contributed by atoms with E-state index in [2.05, 4.69) is 41.4 Å². The van der Waals surface area contributed by atoms with Crippen molar-refractivity contribution in [3.63, 3.8) is 0 Å². The average Bonchev–Trinajstić information content (AvgIpc) is 2.59. The molecule has 1 saturated heterocycles. The maximum Gasteiger partial charge on any atom is 0.0482 e. The van der Waals surface area contributed by atoms with Crippen LogP contribution in [0.25, 0.3) is 0 Å². The van der Waals surface area contributed by atoms with Crippen LogP contribution < -0.4 is 10.2 Å². The third-order valence-corrected chi connectivity index (χ3v) is 3.53. The molecule has 1 aromatic carbocycles. The van der Waals surface area contributed by atoms with Gasteiger partial charge >= 0.3 is 0 Å². The summed E-state index contributed by atoms with van der Waals surface area (Å²) in [6, 6.07) is 10.1. The molecule has 14 heavy (non-hydrogen) atoms. The van der Waals surface area contributed by atoms with Crippen LogP contribution in [0.4, 0.5) is 5.69 Å². The molecule has 2 unspecified atom stereocenters. The molecule has 2 aliphatic heterocycles. The van der Waals surface area contributed by atoms with Crippen molar-refractivity contribution >= 4 is 5.69 Å². The van der Waals surface area contributed by atoms with E-state index in [1.54, 1.807) is 0 Å². The quantitative estimate of drug-likeness (QED) is 0.662. The number of rotatable bonds is 0. The van der Waals surface area contributed by atoms with Gasteiger partial charge in [-0.2, -0.15) is 0 Å². The molecule has 1 aromatic rings. The minimum Gasteiger partial charge on any atom is -0.365 e. The van der Waals surface area contributed by atoms with Crippen molar-refractivity contribution in [3.05, 3.63) is 29.8 Å². The highest BCUT2D eigenvalue weighted by Gasteiger charge is 2.34. The Morgan fingerprint density at radius 1 is 1.36 bits per heavy atom. The Hall–Kier alpha value is -1.02. The summed E-state index contributed by atoms with van der Waals surface area (Å²) in [6.07, 6.45) is 1.21. The van der Waals surface area contributed by atoms with E-state index in [0.29, 0.717) is 12.1 Å². The smallest absolute Gasteiger partial charge is 0.0482 e. The number of para-hydroxylation sites is 1. The fourth-order valence-corrected chi connectivity index (χ4v) is 2.76. The molecule has 2 atom stereocenters. The van der Waals surface area contributed by atoms with Crippen molar-refractivity contribution in [2.45, 2.75) is 25.4 Å². The van der Waals surface area contributed by atoms with Gasteiger partial charge in [-0.1, -0.05) is 18.2 Å². The molecule has 1 N–H and O–H groups in total. The predicted octanol–water partition coefficient (Wildman–Crippen LogP) is 1.41. The van der Waals surface area contributed by atoms with Crippen LogP contribution in [0.1, 0.15) is 12.5 Å². The summed E-state index contributed by atoms with van der Waals surface area (Å²) < 4.78 is 0. The third kappa shape index (κ3) is 1.07. The van der Waals surface area contributed by atoms with Crippen LogP contribution in [-0.4, -0.2) is 25.2 Å². The third-order valence-electron chi connectivity index (χ3n) is 3.53. The van der Waals surface area contributed by atoms with Gasteiger partial charge in [0.15, 0.2) is 0 Å². The Morgan fingerprint density at radius 2 is 2.21 bits per heavy atom. The lowest BCUT2D eigenvalue weighted by molar-refractivity contribution is 0.398. The predicted molar refractivity (Wildman–Crippen MR) is 58.7 cm³/mol.